The van der Waals surface area contributed by atoms with Gasteiger partial charge in [-0.3, -0.25) is 4.79 Å². The van der Waals surface area contributed by atoms with Gasteiger partial charge in [-0.2, -0.15) is 0 Å². The van der Waals surface area contributed by atoms with Crippen LogP contribution in [0.4, 0.5) is 10.1 Å². The Labute approximate surface area is 131 Å². The number of halogens is 2. The normalized spacial score (nSPS) is 10.2. The second kappa shape index (κ2) is 7.22. The van der Waals surface area contributed by atoms with Gasteiger partial charge in [0.05, 0.1) is 11.1 Å². The van der Waals surface area contributed by atoms with Gasteiger partial charge in [-0.25, -0.2) is 4.39 Å². The number of anilines is 1. The van der Waals surface area contributed by atoms with Crippen molar-refractivity contribution in [2.24, 2.45) is 0 Å². The van der Waals surface area contributed by atoms with Crippen molar-refractivity contribution in [1.29, 1.82) is 0 Å². The smallest absolute Gasteiger partial charge is 0.255 e. The largest absolute Gasteiger partial charge is 0.492 e. The molecule has 2 aromatic rings. The molecule has 0 fully saturated rings. The predicted molar refractivity (Wildman–Crippen MR) is 84.3 cm³/mol. The number of nitrogens with one attached hydrogen (secondary N) is 1. The van der Waals surface area contributed by atoms with Crippen LogP contribution in [-0.2, 0) is 0 Å². The van der Waals surface area contributed by atoms with E-state index in [9.17, 15) is 9.18 Å². The van der Waals surface area contributed by atoms with Crippen molar-refractivity contribution < 1.29 is 13.9 Å². The van der Waals surface area contributed by atoms with Crippen LogP contribution in [0.3, 0.4) is 0 Å². The fourth-order valence-corrected chi connectivity index (χ4v) is 2.20. The zero-order chi connectivity index (χ0) is 15.2. The molecule has 110 valence electrons. The number of benzene rings is 2. The molecule has 0 unspecified atom stereocenters. The maximum Gasteiger partial charge on any atom is 0.255 e. The third-order valence-electron chi connectivity index (χ3n) is 2.76. The average molecular weight is 352 g/mol. The molecule has 2 rings (SSSR count). The molecule has 0 aliphatic rings. The van der Waals surface area contributed by atoms with E-state index in [2.05, 4.69) is 21.2 Å². The molecule has 0 radical (unpaired) electrons. The summed E-state index contributed by atoms with van der Waals surface area (Å²) in [5, 5.41) is 2.71. The van der Waals surface area contributed by atoms with Crippen LogP contribution in [-0.4, -0.2) is 12.5 Å². The van der Waals surface area contributed by atoms with Crippen molar-refractivity contribution in [3.63, 3.8) is 0 Å². The molecule has 0 saturated carbocycles. The Morgan fingerprint density at radius 1 is 1.24 bits per heavy atom. The molecular weight excluding hydrogens is 337 g/mol. The number of amides is 1. The van der Waals surface area contributed by atoms with Crippen LogP contribution >= 0.6 is 15.9 Å². The van der Waals surface area contributed by atoms with Crippen molar-refractivity contribution in [1.82, 2.24) is 0 Å². The van der Waals surface area contributed by atoms with Gasteiger partial charge in [0.2, 0.25) is 0 Å². The quantitative estimate of drug-likeness (QED) is 0.852. The van der Waals surface area contributed by atoms with Crippen LogP contribution in [0.2, 0.25) is 0 Å². The summed E-state index contributed by atoms with van der Waals surface area (Å²) in [6.07, 6.45) is 0.916. The third-order valence-corrected chi connectivity index (χ3v) is 3.38. The van der Waals surface area contributed by atoms with Crippen molar-refractivity contribution >= 4 is 27.5 Å². The first kappa shape index (κ1) is 15.5. The van der Waals surface area contributed by atoms with Gasteiger partial charge in [-0.15, -0.1) is 0 Å². The molecule has 0 saturated heterocycles. The minimum absolute atomic E-state index is 0.260. The van der Waals surface area contributed by atoms with Gasteiger partial charge in [-0.1, -0.05) is 6.92 Å². The first-order valence-corrected chi connectivity index (χ1v) is 7.38. The summed E-state index contributed by atoms with van der Waals surface area (Å²) in [4.78, 5) is 12.1. The van der Waals surface area contributed by atoms with Crippen molar-refractivity contribution in [3.8, 4) is 5.75 Å². The van der Waals surface area contributed by atoms with Crippen LogP contribution in [0.25, 0.3) is 0 Å². The van der Waals surface area contributed by atoms with Crippen molar-refractivity contribution in [2.75, 3.05) is 11.9 Å². The van der Waals surface area contributed by atoms with Gasteiger partial charge in [0, 0.05) is 11.3 Å². The van der Waals surface area contributed by atoms with E-state index in [1.54, 1.807) is 18.2 Å². The van der Waals surface area contributed by atoms with Crippen LogP contribution in [0.5, 0.6) is 5.75 Å². The van der Waals surface area contributed by atoms with E-state index >= 15 is 0 Å². The average Bonchev–Trinajstić information content (AvgIpc) is 2.48. The monoisotopic (exact) mass is 351 g/mol. The lowest BCUT2D eigenvalue weighted by Crippen LogP contribution is -2.12. The molecule has 0 bridgehead atoms. The van der Waals surface area contributed by atoms with Gasteiger partial charge in [0.15, 0.2) is 0 Å². The molecule has 0 aliphatic carbocycles. The van der Waals surface area contributed by atoms with Crippen LogP contribution in [0.15, 0.2) is 46.9 Å². The predicted octanol–water partition coefficient (Wildman–Crippen LogP) is 4.63. The van der Waals surface area contributed by atoms with Gasteiger partial charge < -0.3 is 10.1 Å². The second-order valence-corrected chi connectivity index (χ2v) is 5.31. The molecule has 2 aromatic carbocycles. The Hall–Kier alpha value is -1.88. The zero-order valence-electron chi connectivity index (χ0n) is 11.5. The number of carbonyl (C=O) groups is 1. The van der Waals surface area contributed by atoms with E-state index in [-0.39, 0.29) is 11.7 Å². The maximum absolute atomic E-state index is 12.8. The molecule has 0 aliphatic heterocycles. The van der Waals surface area contributed by atoms with Crippen molar-refractivity contribution in [3.05, 3.63) is 58.3 Å². The molecule has 0 aromatic heterocycles. The molecule has 1 N–H and O–H groups in total. The van der Waals surface area contributed by atoms with Crippen LogP contribution in [0, 0.1) is 5.82 Å². The summed E-state index contributed by atoms with van der Waals surface area (Å²) in [6.45, 7) is 2.65. The van der Waals surface area contributed by atoms with Gasteiger partial charge >= 0.3 is 0 Å². The zero-order valence-corrected chi connectivity index (χ0v) is 13.1. The number of hydrogen-bond donors (Lipinski definition) is 1. The summed E-state index contributed by atoms with van der Waals surface area (Å²) in [6, 6.07) is 10.8. The molecular formula is C16H15BrFNO2. The fraction of sp³-hybridized carbons (Fsp3) is 0.188. The van der Waals surface area contributed by atoms with E-state index in [0.717, 1.165) is 10.9 Å². The third kappa shape index (κ3) is 4.29. The SMILES string of the molecule is CCCOc1ccc(C(=O)Nc2ccc(F)cc2)cc1Br. The van der Waals surface area contributed by atoms with Crippen molar-refractivity contribution in [2.45, 2.75) is 13.3 Å². The Morgan fingerprint density at radius 3 is 2.57 bits per heavy atom. The van der Waals surface area contributed by atoms with E-state index in [1.165, 1.54) is 24.3 Å². The molecule has 5 heteroatoms. The topological polar surface area (TPSA) is 38.3 Å². The summed E-state index contributed by atoms with van der Waals surface area (Å²) in [5.41, 5.74) is 1.04. The minimum atomic E-state index is -0.340. The Bertz CT molecular complexity index is 629. The van der Waals surface area contributed by atoms with Gasteiger partial charge in [-0.05, 0) is 64.8 Å². The Balaban J connectivity index is 2.08. The van der Waals surface area contributed by atoms with E-state index < -0.39 is 0 Å². The Kier molecular flexibility index (Phi) is 5.33. The number of rotatable bonds is 5. The number of hydrogen-bond acceptors (Lipinski definition) is 2. The first-order valence-electron chi connectivity index (χ1n) is 6.59. The summed E-state index contributed by atoms with van der Waals surface area (Å²) in [7, 11) is 0. The lowest BCUT2D eigenvalue weighted by atomic mass is 10.2. The lowest BCUT2D eigenvalue weighted by molar-refractivity contribution is 0.102. The molecule has 0 heterocycles. The van der Waals surface area contributed by atoms with E-state index in [0.29, 0.717) is 23.6 Å². The highest BCUT2D eigenvalue weighted by Gasteiger charge is 2.09. The van der Waals surface area contributed by atoms with Gasteiger partial charge in [0.1, 0.15) is 11.6 Å². The van der Waals surface area contributed by atoms with Gasteiger partial charge in [0.25, 0.3) is 5.91 Å². The van der Waals surface area contributed by atoms with Crippen LogP contribution < -0.4 is 10.1 Å². The highest BCUT2D eigenvalue weighted by atomic mass is 79.9. The lowest BCUT2D eigenvalue weighted by Gasteiger charge is -2.09. The standard InChI is InChI=1S/C16H15BrFNO2/c1-2-9-21-15-8-3-11(10-14(15)17)16(20)19-13-6-4-12(18)5-7-13/h3-8,10H,2,9H2,1H3,(H,19,20). The van der Waals surface area contributed by atoms with E-state index in [4.69, 9.17) is 4.74 Å². The summed E-state index contributed by atoms with van der Waals surface area (Å²) >= 11 is 3.39. The maximum atomic E-state index is 12.8. The van der Waals surface area contributed by atoms with E-state index in [1.807, 2.05) is 6.92 Å². The minimum Gasteiger partial charge on any atom is -0.492 e. The molecule has 0 atom stereocenters. The highest BCUT2D eigenvalue weighted by molar-refractivity contribution is 9.10. The van der Waals surface area contributed by atoms with Crippen LogP contribution in [0.1, 0.15) is 23.7 Å². The highest BCUT2D eigenvalue weighted by Crippen LogP contribution is 2.26. The summed E-state index contributed by atoms with van der Waals surface area (Å²) < 4.78 is 19.1. The molecule has 1 amide bonds. The first-order chi connectivity index (χ1) is 10.1. The number of carbonyl (C=O) groups excluding carboxylic acids is 1. The second-order valence-electron chi connectivity index (χ2n) is 4.45. The summed E-state index contributed by atoms with van der Waals surface area (Å²) in [5.74, 6) is 0.104. The fourth-order valence-electron chi connectivity index (χ4n) is 1.71. The molecule has 0 spiro atoms. The number of ether oxygens (including phenoxy) is 1. The molecule has 3 nitrogen and oxygen atoms in total. The molecule has 21 heavy (non-hydrogen) atoms. The Morgan fingerprint density at radius 2 is 1.95 bits per heavy atom.